The minimum Gasteiger partial charge on any atom is -0.327 e. The van der Waals surface area contributed by atoms with Gasteiger partial charge in [0.25, 0.3) is 0 Å². The fraction of sp³-hybridized carbons (Fsp3) is 1.00. The van der Waals surface area contributed by atoms with Gasteiger partial charge in [-0.25, -0.2) is 0 Å². The second kappa shape index (κ2) is 3.11. The van der Waals surface area contributed by atoms with Crippen LogP contribution in [0.4, 0.5) is 0 Å². The molecule has 2 heteroatoms. The second-order valence-corrected chi connectivity index (χ2v) is 4.63. The second-order valence-electron chi connectivity index (χ2n) is 4.63. The molecule has 0 amide bonds. The fourth-order valence-corrected chi connectivity index (χ4v) is 1.83. The number of hydrogen-bond acceptors (Lipinski definition) is 2. The molecule has 1 aliphatic heterocycles. The lowest BCUT2D eigenvalue weighted by Crippen LogP contribution is -2.49. The van der Waals surface area contributed by atoms with E-state index in [1.54, 1.807) is 0 Å². The molecule has 2 nitrogen and oxygen atoms in total. The van der Waals surface area contributed by atoms with Crippen LogP contribution in [0.5, 0.6) is 0 Å². The van der Waals surface area contributed by atoms with Crippen molar-refractivity contribution in [3.8, 4) is 0 Å². The lowest BCUT2D eigenvalue weighted by Gasteiger charge is -2.38. The summed E-state index contributed by atoms with van der Waals surface area (Å²) in [4.78, 5) is 0. The molecule has 2 unspecified atom stereocenters. The van der Waals surface area contributed by atoms with Crippen molar-refractivity contribution in [3.05, 3.63) is 0 Å². The maximum absolute atomic E-state index is 6.03. The van der Waals surface area contributed by atoms with Crippen LogP contribution in [-0.4, -0.2) is 19.1 Å². The molecule has 0 aromatic rings. The normalized spacial score (nSPS) is 33.8. The van der Waals surface area contributed by atoms with Crippen molar-refractivity contribution in [1.29, 1.82) is 0 Å². The van der Waals surface area contributed by atoms with Crippen molar-refractivity contribution in [2.75, 3.05) is 13.1 Å². The van der Waals surface area contributed by atoms with Crippen LogP contribution < -0.4 is 11.1 Å². The van der Waals surface area contributed by atoms with Gasteiger partial charge in [0.15, 0.2) is 0 Å². The van der Waals surface area contributed by atoms with Crippen LogP contribution in [0, 0.1) is 11.3 Å². The maximum atomic E-state index is 6.03. The number of hydrogen-bond donors (Lipinski definition) is 2. The minimum absolute atomic E-state index is 0.354. The van der Waals surface area contributed by atoms with E-state index in [9.17, 15) is 0 Å². The van der Waals surface area contributed by atoms with Crippen LogP contribution in [0.3, 0.4) is 0 Å². The third-order valence-electron chi connectivity index (χ3n) is 2.65. The summed E-state index contributed by atoms with van der Waals surface area (Å²) in [6.07, 6.45) is 1.13. The molecule has 0 radical (unpaired) electrons. The average Bonchev–Trinajstić information content (AvgIpc) is 1.86. The van der Waals surface area contributed by atoms with E-state index >= 15 is 0 Å². The number of nitrogens with two attached hydrogens (primary N) is 1. The zero-order valence-electron chi connectivity index (χ0n) is 7.85. The molecule has 1 aliphatic rings. The van der Waals surface area contributed by atoms with Gasteiger partial charge in [0.2, 0.25) is 0 Å². The van der Waals surface area contributed by atoms with Crippen molar-refractivity contribution in [1.82, 2.24) is 5.32 Å². The Morgan fingerprint density at radius 3 is 2.36 bits per heavy atom. The summed E-state index contributed by atoms with van der Waals surface area (Å²) in [5.41, 5.74) is 6.38. The van der Waals surface area contributed by atoms with Crippen LogP contribution >= 0.6 is 0 Å². The molecular formula is C9H20N2. The van der Waals surface area contributed by atoms with Crippen LogP contribution in [0.15, 0.2) is 0 Å². The van der Waals surface area contributed by atoms with Crippen LogP contribution in [0.1, 0.15) is 27.2 Å². The molecule has 11 heavy (non-hydrogen) atoms. The molecule has 0 aromatic carbocycles. The summed E-state index contributed by atoms with van der Waals surface area (Å²) in [5, 5.41) is 3.39. The largest absolute Gasteiger partial charge is 0.327 e. The van der Waals surface area contributed by atoms with Crippen molar-refractivity contribution < 1.29 is 0 Å². The highest BCUT2D eigenvalue weighted by Crippen LogP contribution is 2.29. The molecule has 1 fully saturated rings. The van der Waals surface area contributed by atoms with Crippen molar-refractivity contribution >= 4 is 0 Å². The molecule has 0 bridgehead atoms. The molecule has 2 atom stereocenters. The molecule has 0 aliphatic carbocycles. The van der Waals surface area contributed by atoms with Crippen molar-refractivity contribution in [2.45, 2.75) is 33.2 Å². The van der Waals surface area contributed by atoms with E-state index in [-0.39, 0.29) is 0 Å². The van der Waals surface area contributed by atoms with Crippen molar-refractivity contribution in [3.63, 3.8) is 0 Å². The van der Waals surface area contributed by atoms with E-state index in [0.717, 1.165) is 19.5 Å². The summed E-state index contributed by atoms with van der Waals surface area (Å²) in [7, 11) is 0. The van der Waals surface area contributed by atoms with Crippen LogP contribution in [0.25, 0.3) is 0 Å². The lowest BCUT2D eigenvalue weighted by molar-refractivity contribution is 0.167. The highest BCUT2D eigenvalue weighted by molar-refractivity contribution is 4.87. The smallest absolute Gasteiger partial charge is 0.00963 e. The Hall–Kier alpha value is -0.0800. The fourth-order valence-electron chi connectivity index (χ4n) is 1.83. The molecule has 1 rings (SSSR count). The average molecular weight is 156 g/mol. The summed E-state index contributed by atoms with van der Waals surface area (Å²) < 4.78 is 0. The van der Waals surface area contributed by atoms with Gasteiger partial charge in [0.1, 0.15) is 0 Å². The van der Waals surface area contributed by atoms with Gasteiger partial charge in [0, 0.05) is 6.04 Å². The number of rotatable bonds is 0. The summed E-state index contributed by atoms with van der Waals surface area (Å²) >= 11 is 0. The maximum Gasteiger partial charge on any atom is 0.00963 e. The predicted molar refractivity (Wildman–Crippen MR) is 48.4 cm³/mol. The molecule has 1 saturated heterocycles. The molecule has 3 N–H and O–H groups in total. The van der Waals surface area contributed by atoms with E-state index < -0.39 is 0 Å². The summed E-state index contributed by atoms with van der Waals surface area (Å²) in [5.74, 6) is 0.635. The molecule has 66 valence electrons. The van der Waals surface area contributed by atoms with Gasteiger partial charge in [-0.2, -0.15) is 0 Å². The monoisotopic (exact) mass is 156 g/mol. The highest BCUT2D eigenvalue weighted by Gasteiger charge is 2.31. The van der Waals surface area contributed by atoms with Crippen LogP contribution in [0.2, 0.25) is 0 Å². The van der Waals surface area contributed by atoms with E-state index in [1.165, 1.54) is 0 Å². The molecule has 0 saturated carbocycles. The molecular weight excluding hydrogens is 136 g/mol. The van der Waals surface area contributed by atoms with Gasteiger partial charge in [-0.05, 0) is 30.8 Å². The van der Waals surface area contributed by atoms with Gasteiger partial charge in [-0.3, -0.25) is 0 Å². The first kappa shape index (κ1) is 9.01. The summed E-state index contributed by atoms with van der Waals surface area (Å²) in [6.45, 7) is 8.98. The lowest BCUT2D eigenvalue weighted by atomic mass is 9.74. The van der Waals surface area contributed by atoms with E-state index in [0.29, 0.717) is 17.4 Å². The third-order valence-corrected chi connectivity index (χ3v) is 2.65. The number of piperidine rings is 1. The first-order valence-electron chi connectivity index (χ1n) is 4.48. The van der Waals surface area contributed by atoms with Gasteiger partial charge in [-0.1, -0.05) is 20.8 Å². The minimum atomic E-state index is 0.354. The highest BCUT2D eigenvalue weighted by atomic mass is 14.9. The van der Waals surface area contributed by atoms with E-state index in [4.69, 9.17) is 5.73 Å². The van der Waals surface area contributed by atoms with Gasteiger partial charge < -0.3 is 11.1 Å². The summed E-state index contributed by atoms with van der Waals surface area (Å²) in [6, 6.07) is 0.399. The Morgan fingerprint density at radius 1 is 1.36 bits per heavy atom. The Bertz CT molecular complexity index is 126. The first-order valence-corrected chi connectivity index (χ1v) is 4.48. The predicted octanol–water partition coefficient (Wildman–Crippen LogP) is 0.969. The van der Waals surface area contributed by atoms with Crippen molar-refractivity contribution in [2.24, 2.45) is 17.1 Å². The SMILES string of the molecule is CC(C)(C)C1CNCCC1N. The Kier molecular flexibility index (Phi) is 2.55. The van der Waals surface area contributed by atoms with E-state index in [1.807, 2.05) is 0 Å². The quantitative estimate of drug-likeness (QED) is 0.548. The van der Waals surface area contributed by atoms with Gasteiger partial charge in [0.05, 0.1) is 0 Å². The first-order chi connectivity index (χ1) is 5.02. The zero-order valence-corrected chi connectivity index (χ0v) is 7.85. The Balaban J connectivity index is 2.55. The Labute approximate surface area is 69.5 Å². The van der Waals surface area contributed by atoms with Gasteiger partial charge >= 0.3 is 0 Å². The zero-order chi connectivity index (χ0) is 8.48. The Morgan fingerprint density at radius 2 is 2.00 bits per heavy atom. The molecule has 0 spiro atoms. The molecule has 1 heterocycles. The van der Waals surface area contributed by atoms with Gasteiger partial charge in [-0.15, -0.1) is 0 Å². The third kappa shape index (κ3) is 2.17. The topological polar surface area (TPSA) is 38.0 Å². The van der Waals surface area contributed by atoms with E-state index in [2.05, 4.69) is 26.1 Å². The van der Waals surface area contributed by atoms with Crippen LogP contribution in [-0.2, 0) is 0 Å². The molecule has 0 aromatic heterocycles. The number of nitrogens with one attached hydrogen (secondary N) is 1. The standard InChI is InChI=1S/C9H20N2/c1-9(2,3)7-6-11-5-4-8(7)10/h7-8,11H,4-6,10H2,1-3H3.